The predicted molar refractivity (Wildman–Crippen MR) is 103 cm³/mol. The molecule has 9 nitrogen and oxygen atoms in total. The number of aromatic nitrogens is 5. The van der Waals surface area contributed by atoms with E-state index in [-0.39, 0.29) is 17.2 Å². The van der Waals surface area contributed by atoms with Gasteiger partial charge in [0, 0.05) is 57.3 Å². The summed E-state index contributed by atoms with van der Waals surface area (Å²) in [4.78, 5) is 32.0. The second-order valence-corrected chi connectivity index (χ2v) is 6.48. The van der Waals surface area contributed by atoms with Gasteiger partial charge in [0.05, 0.1) is 5.69 Å². The molecule has 9 heteroatoms. The number of anilines is 1. The first-order chi connectivity index (χ1) is 13.6. The molecule has 0 spiro atoms. The minimum absolute atomic E-state index is 0.173. The highest BCUT2D eigenvalue weighted by molar-refractivity contribution is 5.92. The Morgan fingerprint density at radius 3 is 2.46 bits per heavy atom. The van der Waals surface area contributed by atoms with Crippen LogP contribution in [0, 0.1) is 0 Å². The molecule has 142 valence electrons. The molecule has 0 aromatic carbocycles. The summed E-state index contributed by atoms with van der Waals surface area (Å²) >= 11 is 0. The van der Waals surface area contributed by atoms with Gasteiger partial charge in [0.25, 0.3) is 11.5 Å². The van der Waals surface area contributed by atoms with Gasteiger partial charge in [0.15, 0.2) is 5.82 Å². The zero-order valence-corrected chi connectivity index (χ0v) is 15.4. The fourth-order valence-electron chi connectivity index (χ4n) is 3.08. The Balaban J connectivity index is 1.40. The molecular formula is C19H19N7O2. The van der Waals surface area contributed by atoms with Gasteiger partial charge in [0.2, 0.25) is 0 Å². The summed E-state index contributed by atoms with van der Waals surface area (Å²) in [6.07, 6.45) is 3.47. The lowest BCUT2D eigenvalue weighted by molar-refractivity contribution is 0.0738. The molecule has 0 N–H and O–H groups in total. The zero-order valence-electron chi connectivity index (χ0n) is 15.4. The van der Waals surface area contributed by atoms with Crippen molar-refractivity contribution in [2.75, 3.05) is 31.1 Å². The molecule has 4 heterocycles. The Hall–Kier alpha value is -3.62. The molecule has 3 aromatic heterocycles. The molecule has 1 amide bonds. The monoisotopic (exact) mass is 377 g/mol. The Kier molecular flexibility index (Phi) is 4.79. The maximum Gasteiger partial charge on any atom is 0.274 e. The van der Waals surface area contributed by atoms with Crippen molar-refractivity contribution in [1.82, 2.24) is 29.9 Å². The van der Waals surface area contributed by atoms with Crippen molar-refractivity contribution < 1.29 is 4.79 Å². The van der Waals surface area contributed by atoms with Crippen molar-refractivity contribution in [2.24, 2.45) is 7.05 Å². The lowest BCUT2D eigenvalue weighted by Gasteiger charge is -2.35. The second-order valence-electron chi connectivity index (χ2n) is 6.48. The first-order valence-corrected chi connectivity index (χ1v) is 8.94. The summed E-state index contributed by atoms with van der Waals surface area (Å²) in [6.45, 7) is 2.40. The van der Waals surface area contributed by atoms with Crippen molar-refractivity contribution in [1.29, 1.82) is 0 Å². The predicted octanol–water partition coefficient (Wildman–Crippen LogP) is 0.595. The van der Waals surface area contributed by atoms with Gasteiger partial charge >= 0.3 is 0 Å². The van der Waals surface area contributed by atoms with Crippen LogP contribution >= 0.6 is 0 Å². The highest BCUT2D eigenvalue weighted by atomic mass is 16.2. The molecular weight excluding hydrogens is 358 g/mol. The number of hydrogen-bond donors (Lipinski definition) is 0. The summed E-state index contributed by atoms with van der Waals surface area (Å²) in [7, 11) is 1.53. The standard InChI is InChI=1S/C19H19N7O2/c1-24-18(27)7-5-16(23-24)19(28)26-11-9-25(10-12-26)17-6-4-15(21-22-17)14-3-2-8-20-13-14/h2-8,13H,9-12H2,1H3. The van der Waals surface area contributed by atoms with Crippen LogP contribution in [0.3, 0.4) is 0 Å². The number of hydrogen-bond acceptors (Lipinski definition) is 7. The lowest BCUT2D eigenvalue weighted by atomic mass is 10.2. The van der Waals surface area contributed by atoms with Crippen LogP contribution in [0.15, 0.2) is 53.6 Å². The molecule has 0 unspecified atom stereocenters. The molecule has 0 saturated carbocycles. The third-order valence-corrected chi connectivity index (χ3v) is 4.68. The molecule has 1 fully saturated rings. The molecule has 0 atom stereocenters. The molecule has 0 bridgehead atoms. The third kappa shape index (κ3) is 3.59. The van der Waals surface area contributed by atoms with Gasteiger partial charge in [-0.15, -0.1) is 10.2 Å². The average Bonchev–Trinajstić information content (AvgIpc) is 2.76. The van der Waals surface area contributed by atoms with Gasteiger partial charge in [-0.25, -0.2) is 4.68 Å². The van der Waals surface area contributed by atoms with E-state index < -0.39 is 0 Å². The molecule has 1 saturated heterocycles. The number of aryl methyl sites for hydroxylation is 1. The van der Waals surface area contributed by atoms with Gasteiger partial charge in [-0.3, -0.25) is 14.6 Å². The van der Waals surface area contributed by atoms with Crippen molar-refractivity contribution >= 4 is 11.7 Å². The summed E-state index contributed by atoms with van der Waals surface area (Å²) < 4.78 is 1.17. The maximum absolute atomic E-state index is 12.6. The lowest BCUT2D eigenvalue weighted by Crippen LogP contribution is -2.49. The van der Waals surface area contributed by atoms with Crippen molar-refractivity contribution in [3.05, 3.63) is 64.8 Å². The van der Waals surface area contributed by atoms with Crippen LogP contribution in [-0.2, 0) is 7.05 Å². The summed E-state index contributed by atoms with van der Waals surface area (Å²) in [6, 6.07) is 10.5. The Bertz CT molecular complexity index is 1030. The van der Waals surface area contributed by atoms with Crippen LogP contribution in [0.5, 0.6) is 0 Å². The van der Waals surface area contributed by atoms with Crippen LogP contribution in [0.4, 0.5) is 5.82 Å². The van der Waals surface area contributed by atoms with E-state index in [0.29, 0.717) is 26.2 Å². The minimum Gasteiger partial charge on any atom is -0.352 e. The van der Waals surface area contributed by atoms with Crippen LogP contribution in [-0.4, -0.2) is 61.9 Å². The Morgan fingerprint density at radius 1 is 1.00 bits per heavy atom. The van der Waals surface area contributed by atoms with Gasteiger partial charge < -0.3 is 9.80 Å². The number of rotatable bonds is 3. The molecule has 4 rings (SSSR count). The number of carbonyl (C=O) groups excluding carboxylic acids is 1. The van der Waals surface area contributed by atoms with Gasteiger partial charge in [-0.2, -0.15) is 5.10 Å². The number of amides is 1. The second kappa shape index (κ2) is 7.55. The first kappa shape index (κ1) is 17.8. The molecule has 0 aliphatic carbocycles. The highest BCUT2D eigenvalue weighted by Gasteiger charge is 2.24. The average molecular weight is 377 g/mol. The van der Waals surface area contributed by atoms with E-state index in [2.05, 4.69) is 25.2 Å². The van der Waals surface area contributed by atoms with E-state index in [1.165, 1.54) is 23.9 Å². The van der Waals surface area contributed by atoms with E-state index in [9.17, 15) is 9.59 Å². The van der Waals surface area contributed by atoms with Crippen LogP contribution in [0.25, 0.3) is 11.3 Å². The van der Waals surface area contributed by atoms with E-state index in [0.717, 1.165) is 17.1 Å². The van der Waals surface area contributed by atoms with Crippen LogP contribution in [0.1, 0.15) is 10.5 Å². The highest BCUT2D eigenvalue weighted by Crippen LogP contribution is 2.18. The summed E-state index contributed by atoms with van der Waals surface area (Å²) in [5.74, 6) is 0.605. The number of nitrogens with zero attached hydrogens (tertiary/aromatic N) is 7. The molecule has 1 aliphatic rings. The number of piperazine rings is 1. The molecule has 0 radical (unpaired) electrons. The smallest absolute Gasteiger partial charge is 0.274 e. The molecule has 1 aliphatic heterocycles. The molecule has 3 aromatic rings. The van der Waals surface area contributed by atoms with Crippen LogP contribution < -0.4 is 10.5 Å². The SMILES string of the molecule is Cn1nc(C(=O)N2CCN(c3ccc(-c4cccnc4)nn3)CC2)ccc1=O. The van der Waals surface area contributed by atoms with Gasteiger partial charge in [-0.05, 0) is 30.3 Å². The maximum atomic E-state index is 12.6. The van der Waals surface area contributed by atoms with Gasteiger partial charge in [0.1, 0.15) is 5.69 Å². The number of pyridine rings is 1. The topological polar surface area (TPSA) is 97.1 Å². The normalized spacial score (nSPS) is 14.2. The fraction of sp³-hybridized carbons (Fsp3) is 0.263. The Labute approximate surface area is 161 Å². The van der Waals surface area contributed by atoms with Crippen molar-refractivity contribution in [2.45, 2.75) is 0 Å². The zero-order chi connectivity index (χ0) is 19.5. The van der Waals surface area contributed by atoms with Crippen molar-refractivity contribution in [3.63, 3.8) is 0 Å². The summed E-state index contributed by atoms with van der Waals surface area (Å²) in [5, 5.41) is 12.6. The van der Waals surface area contributed by atoms with E-state index in [1.807, 2.05) is 24.3 Å². The van der Waals surface area contributed by atoms with E-state index >= 15 is 0 Å². The minimum atomic E-state index is -0.241. The van der Waals surface area contributed by atoms with E-state index in [1.54, 1.807) is 17.3 Å². The first-order valence-electron chi connectivity index (χ1n) is 8.94. The van der Waals surface area contributed by atoms with E-state index in [4.69, 9.17) is 0 Å². The molecule has 28 heavy (non-hydrogen) atoms. The fourth-order valence-corrected chi connectivity index (χ4v) is 3.08. The van der Waals surface area contributed by atoms with Gasteiger partial charge in [-0.1, -0.05) is 0 Å². The third-order valence-electron chi connectivity index (χ3n) is 4.68. The number of carbonyl (C=O) groups is 1. The van der Waals surface area contributed by atoms with Crippen molar-refractivity contribution in [3.8, 4) is 11.3 Å². The quantitative estimate of drug-likeness (QED) is 0.659. The van der Waals surface area contributed by atoms with Crippen LogP contribution in [0.2, 0.25) is 0 Å². The summed E-state index contributed by atoms with van der Waals surface area (Å²) in [5.41, 5.74) is 1.72. The largest absolute Gasteiger partial charge is 0.352 e. The Morgan fingerprint density at radius 2 is 1.82 bits per heavy atom.